The molecule has 0 unspecified atom stereocenters. The molecule has 1 aromatic carbocycles. The molecule has 0 aliphatic carbocycles. The first kappa shape index (κ1) is 17.7. The quantitative estimate of drug-likeness (QED) is 0.514. The lowest BCUT2D eigenvalue weighted by Gasteiger charge is -2.32. The van der Waals surface area contributed by atoms with Crippen LogP contribution in [-0.2, 0) is 0 Å². The van der Waals surface area contributed by atoms with E-state index in [4.69, 9.17) is 0 Å². The second-order valence-electron chi connectivity index (χ2n) is 6.60. The minimum Gasteiger partial charge on any atom is -0.338 e. The molecule has 0 radical (unpaired) electrons. The summed E-state index contributed by atoms with van der Waals surface area (Å²) in [6.45, 7) is 1.08. The number of hydrogen-bond acceptors (Lipinski definition) is 5. The van der Waals surface area contributed by atoms with Gasteiger partial charge >= 0.3 is 0 Å². The summed E-state index contributed by atoms with van der Waals surface area (Å²) in [5, 5.41) is 4.20. The number of benzene rings is 1. The van der Waals surface area contributed by atoms with Gasteiger partial charge in [0, 0.05) is 41.9 Å². The zero-order valence-electron chi connectivity index (χ0n) is 15.0. The normalized spacial score (nSPS) is 17.2. The van der Waals surface area contributed by atoms with Crippen LogP contribution in [0.4, 0.5) is 0 Å². The number of aromatic nitrogens is 3. The van der Waals surface area contributed by atoms with Crippen molar-refractivity contribution in [2.75, 3.05) is 19.3 Å². The Bertz CT molecular complexity index is 1000. The average molecular weight is 380 g/mol. The number of rotatable bonds is 4. The van der Waals surface area contributed by atoms with Gasteiger partial charge in [-0.05, 0) is 31.2 Å². The molecule has 1 aliphatic rings. The standard InChI is InChI=1S/C20H20N4O2S/c1-27-17-8-3-2-7-15(17)18(25)14-6-4-10-23(13-14)20(26)16-12-22-24-11-5-9-21-19(16)24/h2-3,5,7-9,11-12,14H,4,6,10,13H2,1H3/t14-/m1/s1. The van der Waals surface area contributed by atoms with Crippen molar-refractivity contribution in [2.24, 2.45) is 5.92 Å². The molecule has 0 saturated carbocycles. The molecular formula is C20H20N4O2S. The van der Waals surface area contributed by atoms with Crippen LogP contribution < -0.4 is 0 Å². The molecule has 1 fully saturated rings. The summed E-state index contributed by atoms with van der Waals surface area (Å²) in [5.74, 6) is -0.166. The Morgan fingerprint density at radius 1 is 1.19 bits per heavy atom. The zero-order valence-corrected chi connectivity index (χ0v) is 15.9. The molecule has 1 aliphatic heterocycles. The number of thioether (sulfide) groups is 1. The highest BCUT2D eigenvalue weighted by molar-refractivity contribution is 7.98. The summed E-state index contributed by atoms with van der Waals surface area (Å²) in [5.41, 5.74) is 1.78. The second-order valence-corrected chi connectivity index (χ2v) is 7.45. The van der Waals surface area contributed by atoms with Crippen LogP contribution in [0, 0.1) is 5.92 Å². The number of hydrogen-bond donors (Lipinski definition) is 0. The Kier molecular flexibility index (Phi) is 4.94. The third-order valence-electron chi connectivity index (χ3n) is 4.96. The molecule has 0 N–H and O–H groups in total. The summed E-state index contributed by atoms with van der Waals surface area (Å²) < 4.78 is 1.59. The van der Waals surface area contributed by atoms with Gasteiger partial charge < -0.3 is 4.90 Å². The Hall–Kier alpha value is -2.67. The number of piperidine rings is 1. The number of Topliss-reactive ketones (excluding diaryl/α,β-unsaturated/α-hetero) is 1. The number of nitrogens with zero attached hydrogens (tertiary/aromatic N) is 4. The van der Waals surface area contributed by atoms with Gasteiger partial charge in [-0.3, -0.25) is 9.59 Å². The molecule has 0 bridgehead atoms. The van der Waals surface area contributed by atoms with Crippen LogP contribution in [-0.4, -0.2) is 50.5 Å². The lowest BCUT2D eigenvalue weighted by molar-refractivity contribution is 0.0637. The highest BCUT2D eigenvalue weighted by atomic mass is 32.2. The van der Waals surface area contributed by atoms with E-state index in [0.717, 1.165) is 23.3 Å². The van der Waals surface area contributed by atoms with Crippen molar-refractivity contribution >= 4 is 29.1 Å². The van der Waals surface area contributed by atoms with E-state index in [2.05, 4.69) is 10.1 Å². The predicted octanol–water partition coefficient (Wildman–Crippen LogP) is 3.19. The monoisotopic (exact) mass is 380 g/mol. The summed E-state index contributed by atoms with van der Waals surface area (Å²) in [7, 11) is 0. The molecule has 6 nitrogen and oxygen atoms in total. The Labute approximate surface area is 161 Å². The van der Waals surface area contributed by atoms with Crippen molar-refractivity contribution in [3.63, 3.8) is 0 Å². The number of likely N-dealkylation sites (tertiary alicyclic amines) is 1. The Morgan fingerprint density at radius 2 is 2.04 bits per heavy atom. The van der Waals surface area contributed by atoms with Crippen molar-refractivity contribution in [1.82, 2.24) is 19.5 Å². The van der Waals surface area contributed by atoms with Crippen LogP contribution in [0.15, 0.2) is 53.8 Å². The molecule has 1 atom stereocenters. The van der Waals surface area contributed by atoms with Crippen LogP contribution in [0.2, 0.25) is 0 Å². The van der Waals surface area contributed by atoms with Gasteiger partial charge in [-0.15, -0.1) is 11.8 Å². The molecule has 3 aromatic rings. The third kappa shape index (κ3) is 3.35. The van der Waals surface area contributed by atoms with E-state index in [9.17, 15) is 9.59 Å². The van der Waals surface area contributed by atoms with E-state index in [0.29, 0.717) is 24.3 Å². The van der Waals surface area contributed by atoms with Crippen molar-refractivity contribution in [3.05, 3.63) is 60.0 Å². The number of fused-ring (bicyclic) bond motifs is 1. The van der Waals surface area contributed by atoms with E-state index in [1.165, 1.54) is 0 Å². The van der Waals surface area contributed by atoms with Gasteiger partial charge in [0.15, 0.2) is 11.4 Å². The third-order valence-corrected chi connectivity index (χ3v) is 5.76. The topological polar surface area (TPSA) is 67.6 Å². The Morgan fingerprint density at radius 3 is 2.89 bits per heavy atom. The minimum absolute atomic E-state index is 0.112. The van der Waals surface area contributed by atoms with Crippen LogP contribution in [0.1, 0.15) is 33.6 Å². The first-order valence-electron chi connectivity index (χ1n) is 8.94. The molecule has 138 valence electrons. The van der Waals surface area contributed by atoms with Gasteiger partial charge in [0.1, 0.15) is 5.56 Å². The molecule has 27 heavy (non-hydrogen) atoms. The maximum Gasteiger partial charge on any atom is 0.259 e. The fourth-order valence-corrected chi connectivity index (χ4v) is 4.20. The van der Waals surface area contributed by atoms with E-state index in [1.807, 2.05) is 30.5 Å². The number of ketones is 1. The summed E-state index contributed by atoms with van der Waals surface area (Å²) in [4.78, 5) is 33.1. The molecule has 0 spiro atoms. The minimum atomic E-state index is -0.175. The van der Waals surface area contributed by atoms with Crippen LogP contribution in [0.5, 0.6) is 0 Å². The first-order chi connectivity index (χ1) is 13.2. The van der Waals surface area contributed by atoms with Crippen molar-refractivity contribution in [2.45, 2.75) is 17.7 Å². The Balaban J connectivity index is 1.56. The molecule has 1 saturated heterocycles. The van der Waals surface area contributed by atoms with Crippen LogP contribution in [0.25, 0.3) is 5.65 Å². The van der Waals surface area contributed by atoms with Crippen LogP contribution in [0.3, 0.4) is 0 Å². The van der Waals surface area contributed by atoms with Crippen molar-refractivity contribution in [3.8, 4) is 0 Å². The molecule has 7 heteroatoms. The van der Waals surface area contributed by atoms with Gasteiger partial charge in [0.2, 0.25) is 0 Å². The van der Waals surface area contributed by atoms with Crippen molar-refractivity contribution in [1.29, 1.82) is 0 Å². The highest BCUT2D eigenvalue weighted by Gasteiger charge is 2.31. The maximum atomic E-state index is 13.1. The van der Waals surface area contributed by atoms with Gasteiger partial charge in [-0.25, -0.2) is 9.50 Å². The van der Waals surface area contributed by atoms with Gasteiger partial charge in [0.05, 0.1) is 6.20 Å². The maximum absolute atomic E-state index is 13.1. The lowest BCUT2D eigenvalue weighted by atomic mass is 9.89. The van der Waals surface area contributed by atoms with E-state index in [1.54, 1.807) is 45.8 Å². The zero-order chi connectivity index (χ0) is 18.8. The average Bonchev–Trinajstić information content (AvgIpc) is 3.17. The van der Waals surface area contributed by atoms with Gasteiger partial charge in [-0.2, -0.15) is 5.10 Å². The summed E-state index contributed by atoms with van der Waals surface area (Å²) >= 11 is 1.57. The molecular weight excluding hydrogens is 360 g/mol. The summed E-state index contributed by atoms with van der Waals surface area (Å²) in [6.07, 6.45) is 8.56. The fraction of sp³-hybridized carbons (Fsp3) is 0.300. The number of carbonyl (C=O) groups excluding carboxylic acids is 2. The number of amides is 1. The van der Waals surface area contributed by atoms with E-state index in [-0.39, 0.29) is 17.6 Å². The van der Waals surface area contributed by atoms with Crippen LogP contribution >= 0.6 is 11.8 Å². The fourth-order valence-electron chi connectivity index (χ4n) is 3.59. The SMILES string of the molecule is CSc1ccccc1C(=O)[C@@H]1CCCN(C(=O)c2cnn3cccnc23)C1. The largest absolute Gasteiger partial charge is 0.338 e. The highest BCUT2D eigenvalue weighted by Crippen LogP contribution is 2.27. The molecule has 2 aromatic heterocycles. The van der Waals surface area contributed by atoms with E-state index < -0.39 is 0 Å². The molecule has 3 heterocycles. The summed E-state index contributed by atoms with van der Waals surface area (Å²) in [6, 6.07) is 9.45. The van der Waals surface area contributed by atoms with Crippen molar-refractivity contribution < 1.29 is 9.59 Å². The molecule has 4 rings (SSSR count). The first-order valence-corrected chi connectivity index (χ1v) is 10.2. The smallest absolute Gasteiger partial charge is 0.259 e. The van der Waals surface area contributed by atoms with Gasteiger partial charge in [0.25, 0.3) is 5.91 Å². The van der Waals surface area contributed by atoms with E-state index >= 15 is 0 Å². The second kappa shape index (κ2) is 7.52. The predicted molar refractivity (Wildman–Crippen MR) is 104 cm³/mol. The molecule has 1 amide bonds. The van der Waals surface area contributed by atoms with Gasteiger partial charge in [-0.1, -0.05) is 18.2 Å². The lowest BCUT2D eigenvalue weighted by Crippen LogP contribution is -2.42. The number of carbonyl (C=O) groups is 2.